The Bertz CT molecular complexity index is 1170. The topological polar surface area (TPSA) is 116 Å². The molecule has 140 valence electrons. The average molecular weight is 404 g/mol. The molecule has 0 aliphatic rings. The van der Waals surface area contributed by atoms with Gasteiger partial charge in [0, 0.05) is 21.5 Å². The lowest BCUT2D eigenvalue weighted by Gasteiger charge is -2.11. The summed E-state index contributed by atoms with van der Waals surface area (Å²) < 4.78 is 26.6. The molecule has 2 aromatic carbocycles. The number of benzene rings is 2. The van der Waals surface area contributed by atoms with Gasteiger partial charge in [-0.1, -0.05) is 41.9 Å². The first-order chi connectivity index (χ1) is 12.7. The Morgan fingerprint density at radius 2 is 1.67 bits per heavy atom. The SMILES string of the molecule is C/C(=N/N=C(N)N)c1c(-c2ccc(Cl)cc2)n(S(C)(=O)=O)c2ccccc12. The van der Waals surface area contributed by atoms with Crippen molar-refractivity contribution < 1.29 is 8.42 Å². The van der Waals surface area contributed by atoms with E-state index in [9.17, 15) is 8.42 Å². The van der Waals surface area contributed by atoms with Crippen molar-refractivity contribution in [3.8, 4) is 11.3 Å². The van der Waals surface area contributed by atoms with Crippen LogP contribution in [0.5, 0.6) is 0 Å². The fourth-order valence-corrected chi connectivity index (χ4v) is 4.15. The van der Waals surface area contributed by atoms with Crippen molar-refractivity contribution in [2.24, 2.45) is 21.7 Å². The molecule has 0 bridgehead atoms. The van der Waals surface area contributed by atoms with Crippen molar-refractivity contribution in [1.82, 2.24) is 3.97 Å². The summed E-state index contributed by atoms with van der Waals surface area (Å²) >= 11 is 6.00. The van der Waals surface area contributed by atoms with Crippen LogP contribution in [0.25, 0.3) is 22.2 Å². The van der Waals surface area contributed by atoms with Gasteiger partial charge >= 0.3 is 0 Å². The van der Waals surface area contributed by atoms with Gasteiger partial charge in [-0.25, -0.2) is 12.4 Å². The molecule has 0 saturated heterocycles. The summed E-state index contributed by atoms with van der Waals surface area (Å²) in [6.07, 6.45) is 1.16. The van der Waals surface area contributed by atoms with Crippen LogP contribution in [-0.2, 0) is 10.0 Å². The van der Waals surface area contributed by atoms with E-state index in [1.807, 2.05) is 12.1 Å². The van der Waals surface area contributed by atoms with E-state index >= 15 is 0 Å². The van der Waals surface area contributed by atoms with Crippen LogP contribution >= 0.6 is 11.6 Å². The van der Waals surface area contributed by atoms with Crippen LogP contribution < -0.4 is 11.5 Å². The Balaban J connectivity index is 2.50. The molecule has 0 fully saturated rings. The van der Waals surface area contributed by atoms with E-state index in [-0.39, 0.29) is 5.96 Å². The minimum absolute atomic E-state index is 0.186. The molecule has 3 rings (SSSR count). The number of hydrogen-bond acceptors (Lipinski definition) is 4. The maximum Gasteiger partial charge on any atom is 0.236 e. The van der Waals surface area contributed by atoms with E-state index in [0.29, 0.717) is 33.1 Å². The second kappa shape index (κ2) is 7.05. The second-order valence-corrected chi connectivity index (χ2v) is 8.25. The minimum atomic E-state index is -3.62. The van der Waals surface area contributed by atoms with Crippen LogP contribution in [0.3, 0.4) is 0 Å². The molecular formula is C18H18ClN5O2S. The van der Waals surface area contributed by atoms with Crippen molar-refractivity contribution in [3.05, 3.63) is 59.1 Å². The zero-order valence-electron chi connectivity index (χ0n) is 14.7. The molecule has 9 heteroatoms. The van der Waals surface area contributed by atoms with E-state index in [0.717, 1.165) is 11.6 Å². The predicted molar refractivity (Wildman–Crippen MR) is 111 cm³/mol. The first-order valence-electron chi connectivity index (χ1n) is 7.93. The maximum atomic E-state index is 12.6. The molecule has 1 aromatic heterocycles. The van der Waals surface area contributed by atoms with E-state index < -0.39 is 10.0 Å². The summed E-state index contributed by atoms with van der Waals surface area (Å²) in [6, 6.07) is 14.1. The van der Waals surface area contributed by atoms with Gasteiger partial charge in [0.15, 0.2) is 0 Å². The fourth-order valence-electron chi connectivity index (χ4n) is 2.97. The highest BCUT2D eigenvalue weighted by atomic mass is 35.5. The van der Waals surface area contributed by atoms with Gasteiger partial charge < -0.3 is 11.5 Å². The largest absolute Gasteiger partial charge is 0.369 e. The Morgan fingerprint density at radius 1 is 1.04 bits per heavy atom. The maximum absolute atomic E-state index is 12.6. The van der Waals surface area contributed by atoms with Crippen molar-refractivity contribution in [3.63, 3.8) is 0 Å². The molecule has 4 N–H and O–H groups in total. The van der Waals surface area contributed by atoms with Gasteiger partial charge in [-0.15, -0.1) is 5.10 Å². The number of nitrogens with two attached hydrogens (primary N) is 2. The highest BCUT2D eigenvalue weighted by Crippen LogP contribution is 2.36. The summed E-state index contributed by atoms with van der Waals surface area (Å²) in [5, 5.41) is 9.04. The zero-order valence-corrected chi connectivity index (χ0v) is 16.3. The first-order valence-corrected chi connectivity index (χ1v) is 10.2. The van der Waals surface area contributed by atoms with Crippen LogP contribution in [0, 0.1) is 0 Å². The van der Waals surface area contributed by atoms with Crippen molar-refractivity contribution >= 4 is 44.2 Å². The third-order valence-electron chi connectivity index (χ3n) is 3.96. The lowest BCUT2D eigenvalue weighted by atomic mass is 10.0. The Hall–Kier alpha value is -2.84. The van der Waals surface area contributed by atoms with Gasteiger partial charge in [-0.3, -0.25) is 0 Å². The molecule has 1 heterocycles. The lowest BCUT2D eigenvalue weighted by molar-refractivity contribution is 0.595. The van der Waals surface area contributed by atoms with E-state index in [4.69, 9.17) is 23.1 Å². The number of fused-ring (bicyclic) bond motifs is 1. The minimum Gasteiger partial charge on any atom is -0.369 e. The molecule has 0 atom stereocenters. The summed E-state index contributed by atoms with van der Waals surface area (Å²) in [5.41, 5.74) is 13.6. The van der Waals surface area contributed by atoms with Crippen molar-refractivity contribution in [2.75, 3.05) is 6.26 Å². The molecular weight excluding hydrogens is 386 g/mol. The third-order valence-corrected chi connectivity index (χ3v) is 5.25. The molecule has 27 heavy (non-hydrogen) atoms. The Kier molecular flexibility index (Phi) is 4.95. The number of nitrogens with zero attached hydrogens (tertiary/aromatic N) is 3. The molecule has 0 saturated carbocycles. The van der Waals surface area contributed by atoms with Gasteiger partial charge in [0.1, 0.15) is 0 Å². The highest BCUT2D eigenvalue weighted by Gasteiger charge is 2.25. The fraction of sp³-hybridized carbons (Fsp3) is 0.111. The predicted octanol–water partition coefficient (Wildman–Crippen LogP) is 2.77. The monoisotopic (exact) mass is 403 g/mol. The quantitative estimate of drug-likeness (QED) is 0.395. The van der Waals surface area contributed by atoms with Gasteiger partial charge in [0.25, 0.3) is 0 Å². The van der Waals surface area contributed by atoms with Gasteiger partial charge in [-0.05, 0) is 25.1 Å². The first kappa shape index (κ1) is 18.9. The third kappa shape index (κ3) is 3.67. The Labute approximate surface area is 162 Å². The van der Waals surface area contributed by atoms with Crippen LogP contribution in [0.1, 0.15) is 12.5 Å². The van der Waals surface area contributed by atoms with E-state index in [2.05, 4.69) is 10.2 Å². The summed E-state index contributed by atoms with van der Waals surface area (Å²) in [4.78, 5) is 0. The van der Waals surface area contributed by atoms with E-state index in [1.165, 1.54) is 3.97 Å². The lowest BCUT2D eigenvalue weighted by Crippen LogP contribution is -2.22. The standard InChI is InChI=1S/C18H18ClN5O2S/c1-11(22-23-18(20)21)16-14-5-3-4-6-15(14)24(27(2,25)26)17(16)12-7-9-13(19)10-8-12/h3-10H,1-2H3,(H4,20,21,23)/b22-11-. The number of rotatable bonds is 4. The van der Waals surface area contributed by atoms with Gasteiger partial charge in [0.05, 0.1) is 23.2 Å². The zero-order chi connectivity index (χ0) is 19.8. The molecule has 0 radical (unpaired) electrons. The second-order valence-electron chi connectivity index (χ2n) is 5.99. The van der Waals surface area contributed by atoms with Gasteiger partial charge in [-0.2, -0.15) is 5.10 Å². The number of para-hydroxylation sites is 1. The van der Waals surface area contributed by atoms with Gasteiger partial charge in [0.2, 0.25) is 16.0 Å². The average Bonchev–Trinajstić information content (AvgIpc) is 2.95. The van der Waals surface area contributed by atoms with Crippen LogP contribution in [-0.4, -0.2) is 30.3 Å². The summed E-state index contributed by atoms with van der Waals surface area (Å²) in [7, 11) is -3.62. The molecule has 0 spiro atoms. The summed E-state index contributed by atoms with van der Waals surface area (Å²) in [6.45, 7) is 1.72. The number of guanidine groups is 1. The molecule has 0 unspecified atom stereocenters. The molecule has 7 nitrogen and oxygen atoms in total. The molecule has 0 amide bonds. The van der Waals surface area contributed by atoms with E-state index in [1.54, 1.807) is 43.3 Å². The van der Waals surface area contributed by atoms with Crippen LogP contribution in [0.2, 0.25) is 5.02 Å². The molecule has 0 aliphatic heterocycles. The molecule has 3 aromatic rings. The van der Waals surface area contributed by atoms with Crippen molar-refractivity contribution in [1.29, 1.82) is 0 Å². The number of aromatic nitrogens is 1. The smallest absolute Gasteiger partial charge is 0.236 e. The highest BCUT2D eigenvalue weighted by molar-refractivity contribution is 7.89. The molecule has 0 aliphatic carbocycles. The normalized spacial score (nSPS) is 12.3. The summed E-state index contributed by atoms with van der Waals surface area (Å²) in [5.74, 6) is -0.186. The van der Waals surface area contributed by atoms with Crippen LogP contribution in [0.4, 0.5) is 0 Å². The number of halogens is 1. The van der Waals surface area contributed by atoms with Crippen LogP contribution in [0.15, 0.2) is 58.7 Å². The Morgan fingerprint density at radius 3 is 2.26 bits per heavy atom. The van der Waals surface area contributed by atoms with Crippen molar-refractivity contribution in [2.45, 2.75) is 6.92 Å². The number of hydrogen-bond donors (Lipinski definition) is 2.